The van der Waals surface area contributed by atoms with Gasteiger partial charge in [0.25, 0.3) is 5.91 Å². The quantitative estimate of drug-likeness (QED) is 0.768. The Kier molecular flexibility index (Phi) is 4.31. The first kappa shape index (κ1) is 16.2. The van der Waals surface area contributed by atoms with Crippen LogP contribution in [0.3, 0.4) is 0 Å². The van der Waals surface area contributed by atoms with Gasteiger partial charge in [-0.15, -0.1) is 0 Å². The molecule has 0 radical (unpaired) electrons. The molecule has 6 nitrogen and oxygen atoms in total. The fourth-order valence-electron chi connectivity index (χ4n) is 2.89. The third-order valence-corrected chi connectivity index (χ3v) is 4.36. The van der Waals surface area contributed by atoms with E-state index in [9.17, 15) is 4.79 Å². The number of amides is 1. The average molecular weight is 349 g/mol. The summed E-state index contributed by atoms with van der Waals surface area (Å²) < 4.78 is 12.6. The van der Waals surface area contributed by atoms with Gasteiger partial charge in [-0.25, -0.2) is 0 Å². The summed E-state index contributed by atoms with van der Waals surface area (Å²) >= 11 is 0. The lowest BCUT2D eigenvalue weighted by Crippen LogP contribution is -2.26. The number of carbonyl (C=O) groups excluding carboxylic acids is 1. The van der Waals surface area contributed by atoms with Crippen LogP contribution in [0, 0.1) is 0 Å². The van der Waals surface area contributed by atoms with E-state index in [0.29, 0.717) is 17.9 Å². The first-order valence-electron chi connectivity index (χ1n) is 8.46. The SMILES string of the molecule is CC(NC(=O)c1ccc(Cn2cccn2)cc1)c1ccc2c(c1)OCO2. The van der Waals surface area contributed by atoms with Gasteiger partial charge in [-0.1, -0.05) is 18.2 Å². The van der Waals surface area contributed by atoms with Crippen molar-refractivity contribution in [2.75, 3.05) is 6.79 Å². The number of fused-ring (bicyclic) bond motifs is 1. The number of nitrogens with zero attached hydrogens (tertiary/aromatic N) is 2. The van der Waals surface area contributed by atoms with Crippen LogP contribution in [0.5, 0.6) is 11.5 Å². The van der Waals surface area contributed by atoms with Crippen molar-refractivity contribution in [1.29, 1.82) is 0 Å². The van der Waals surface area contributed by atoms with Crippen molar-refractivity contribution in [2.24, 2.45) is 0 Å². The van der Waals surface area contributed by atoms with Gasteiger partial charge in [0.15, 0.2) is 11.5 Å². The molecule has 2 aromatic carbocycles. The Bertz CT molecular complexity index is 905. The van der Waals surface area contributed by atoms with Gasteiger partial charge in [-0.05, 0) is 48.4 Å². The van der Waals surface area contributed by atoms with E-state index in [1.54, 1.807) is 6.20 Å². The number of nitrogens with one attached hydrogen (secondary N) is 1. The Morgan fingerprint density at radius 1 is 1.19 bits per heavy atom. The van der Waals surface area contributed by atoms with Crippen LogP contribution in [0.2, 0.25) is 0 Å². The molecule has 0 saturated heterocycles. The molecule has 0 fully saturated rings. The van der Waals surface area contributed by atoms with Gasteiger partial charge in [-0.2, -0.15) is 5.10 Å². The molecule has 0 spiro atoms. The summed E-state index contributed by atoms with van der Waals surface area (Å²) in [5, 5.41) is 7.20. The Morgan fingerprint density at radius 2 is 2.00 bits per heavy atom. The fraction of sp³-hybridized carbons (Fsp3) is 0.200. The lowest BCUT2D eigenvalue weighted by Gasteiger charge is -2.15. The van der Waals surface area contributed by atoms with E-state index in [-0.39, 0.29) is 18.7 Å². The van der Waals surface area contributed by atoms with Crippen molar-refractivity contribution in [3.05, 3.63) is 77.6 Å². The van der Waals surface area contributed by atoms with Crippen LogP contribution in [-0.4, -0.2) is 22.5 Å². The highest BCUT2D eigenvalue weighted by molar-refractivity contribution is 5.94. The van der Waals surface area contributed by atoms with Crippen LogP contribution in [0.15, 0.2) is 60.9 Å². The second kappa shape index (κ2) is 6.92. The van der Waals surface area contributed by atoms with Crippen LogP contribution in [-0.2, 0) is 6.54 Å². The third kappa shape index (κ3) is 3.39. The maximum Gasteiger partial charge on any atom is 0.251 e. The van der Waals surface area contributed by atoms with Gasteiger partial charge >= 0.3 is 0 Å². The zero-order valence-electron chi connectivity index (χ0n) is 14.4. The maximum absolute atomic E-state index is 12.5. The molecule has 0 saturated carbocycles. The largest absolute Gasteiger partial charge is 0.454 e. The van der Waals surface area contributed by atoms with Gasteiger partial charge in [0.05, 0.1) is 12.6 Å². The van der Waals surface area contributed by atoms with E-state index in [0.717, 1.165) is 16.9 Å². The molecular weight excluding hydrogens is 330 g/mol. The van der Waals surface area contributed by atoms with Crippen LogP contribution in [0.4, 0.5) is 0 Å². The lowest BCUT2D eigenvalue weighted by molar-refractivity contribution is 0.0939. The van der Waals surface area contributed by atoms with Gasteiger partial charge in [-0.3, -0.25) is 9.48 Å². The molecule has 1 aliphatic rings. The molecule has 1 unspecified atom stereocenters. The highest BCUT2D eigenvalue weighted by Crippen LogP contribution is 2.34. The maximum atomic E-state index is 12.5. The summed E-state index contributed by atoms with van der Waals surface area (Å²) in [6, 6.07) is 15.0. The van der Waals surface area contributed by atoms with Crippen molar-refractivity contribution < 1.29 is 14.3 Å². The molecule has 2 heterocycles. The normalized spacial score (nSPS) is 13.4. The number of hydrogen-bond donors (Lipinski definition) is 1. The topological polar surface area (TPSA) is 65.4 Å². The fourth-order valence-corrected chi connectivity index (χ4v) is 2.89. The van der Waals surface area contributed by atoms with Crippen LogP contribution in [0.25, 0.3) is 0 Å². The van der Waals surface area contributed by atoms with Crippen molar-refractivity contribution in [3.8, 4) is 11.5 Å². The number of benzene rings is 2. The van der Waals surface area contributed by atoms with Crippen LogP contribution in [0.1, 0.15) is 34.5 Å². The Balaban J connectivity index is 1.41. The van der Waals surface area contributed by atoms with E-state index in [1.807, 2.05) is 66.3 Å². The number of carbonyl (C=O) groups is 1. The molecule has 4 rings (SSSR count). The summed E-state index contributed by atoms with van der Waals surface area (Å²) in [4.78, 5) is 12.5. The summed E-state index contributed by atoms with van der Waals surface area (Å²) in [6.07, 6.45) is 3.66. The van der Waals surface area contributed by atoms with Crippen molar-refractivity contribution in [3.63, 3.8) is 0 Å². The highest BCUT2D eigenvalue weighted by Gasteiger charge is 2.17. The van der Waals surface area contributed by atoms with Crippen LogP contribution >= 0.6 is 0 Å². The molecule has 26 heavy (non-hydrogen) atoms. The molecular formula is C20H19N3O3. The molecule has 132 valence electrons. The standard InChI is InChI=1S/C20H19N3O3/c1-14(17-7-8-18-19(11-17)26-13-25-18)22-20(24)16-5-3-15(4-6-16)12-23-10-2-9-21-23/h2-11,14H,12-13H2,1H3,(H,22,24). The van der Waals surface area contributed by atoms with E-state index < -0.39 is 0 Å². The third-order valence-electron chi connectivity index (χ3n) is 4.36. The predicted octanol–water partition coefficient (Wildman–Crippen LogP) is 3.15. The molecule has 3 aromatic rings. The smallest absolute Gasteiger partial charge is 0.251 e. The minimum Gasteiger partial charge on any atom is -0.454 e. The van der Waals surface area contributed by atoms with Gasteiger partial charge in [0.2, 0.25) is 6.79 Å². The molecule has 1 atom stereocenters. The van der Waals surface area contributed by atoms with Crippen LogP contribution < -0.4 is 14.8 Å². The van der Waals surface area contributed by atoms with Gasteiger partial charge < -0.3 is 14.8 Å². The minimum atomic E-state index is -0.138. The summed E-state index contributed by atoms with van der Waals surface area (Å²) in [7, 11) is 0. The Morgan fingerprint density at radius 3 is 2.77 bits per heavy atom. The predicted molar refractivity (Wildman–Crippen MR) is 96.2 cm³/mol. The van der Waals surface area contributed by atoms with E-state index in [1.165, 1.54) is 0 Å². The molecule has 1 aliphatic heterocycles. The molecule has 0 bridgehead atoms. The van der Waals surface area contributed by atoms with E-state index in [2.05, 4.69) is 10.4 Å². The van der Waals surface area contributed by atoms with Gasteiger partial charge in [0, 0.05) is 18.0 Å². The average Bonchev–Trinajstić information content (AvgIpc) is 3.33. The number of hydrogen-bond acceptors (Lipinski definition) is 4. The number of aromatic nitrogens is 2. The zero-order valence-corrected chi connectivity index (χ0v) is 14.4. The second-order valence-electron chi connectivity index (χ2n) is 6.21. The van der Waals surface area contributed by atoms with E-state index >= 15 is 0 Å². The number of rotatable bonds is 5. The molecule has 0 aliphatic carbocycles. The first-order valence-corrected chi connectivity index (χ1v) is 8.46. The lowest BCUT2D eigenvalue weighted by atomic mass is 10.1. The second-order valence-corrected chi connectivity index (χ2v) is 6.21. The van der Waals surface area contributed by atoms with E-state index in [4.69, 9.17) is 9.47 Å². The summed E-state index contributed by atoms with van der Waals surface area (Å²) in [5.74, 6) is 1.34. The summed E-state index contributed by atoms with van der Waals surface area (Å²) in [6.45, 7) is 2.87. The molecule has 6 heteroatoms. The van der Waals surface area contributed by atoms with Crippen molar-refractivity contribution >= 4 is 5.91 Å². The minimum absolute atomic E-state index is 0.110. The number of ether oxygens (including phenoxy) is 2. The van der Waals surface area contributed by atoms with Crippen molar-refractivity contribution in [2.45, 2.75) is 19.5 Å². The molecule has 1 amide bonds. The Hall–Kier alpha value is -3.28. The monoisotopic (exact) mass is 349 g/mol. The molecule has 1 aromatic heterocycles. The van der Waals surface area contributed by atoms with Gasteiger partial charge in [0.1, 0.15) is 0 Å². The molecule has 1 N–H and O–H groups in total. The summed E-state index contributed by atoms with van der Waals surface area (Å²) in [5.41, 5.74) is 2.69. The van der Waals surface area contributed by atoms with Crippen molar-refractivity contribution in [1.82, 2.24) is 15.1 Å². The Labute approximate surface area is 151 Å². The first-order chi connectivity index (χ1) is 12.7. The zero-order chi connectivity index (χ0) is 17.9. The highest BCUT2D eigenvalue weighted by atomic mass is 16.7.